The molecule has 1 saturated heterocycles. The molecule has 0 spiro atoms. The van der Waals surface area contributed by atoms with Gasteiger partial charge in [0.15, 0.2) is 0 Å². The van der Waals surface area contributed by atoms with Gasteiger partial charge in [-0.25, -0.2) is 4.39 Å². The van der Waals surface area contributed by atoms with Gasteiger partial charge in [-0.05, 0) is 36.2 Å². The summed E-state index contributed by atoms with van der Waals surface area (Å²) in [4.78, 5) is 28.5. The van der Waals surface area contributed by atoms with Crippen molar-refractivity contribution in [3.8, 4) is 0 Å². The van der Waals surface area contributed by atoms with E-state index in [2.05, 4.69) is 5.32 Å². The molecule has 1 fully saturated rings. The molecule has 1 aliphatic heterocycles. The number of aryl methyl sites for hydroxylation is 1. The number of hydrogen-bond acceptors (Lipinski definition) is 3. The Bertz CT molecular complexity index is 802. The minimum atomic E-state index is -0.243. The minimum Gasteiger partial charge on any atom is -0.351 e. The van der Waals surface area contributed by atoms with E-state index in [1.54, 1.807) is 19.1 Å². The lowest BCUT2D eigenvalue weighted by Gasteiger charge is -2.34. The monoisotopic (exact) mass is 369 g/mol. The molecule has 1 aliphatic rings. The number of benzene rings is 2. The number of carbonyl (C=O) groups excluding carboxylic acids is 2. The molecule has 3 rings (SSSR count). The van der Waals surface area contributed by atoms with Gasteiger partial charge >= 0.3 is 0 Å². The Morgan fingerprint density at radius 1 is 1.04 bits per heavy atom. The lowest BCUT2D eigenvalue weighted by atomic mass is 10.1. The highest BCUT2D eigenvalue weighted by molar-refractivity contribution is 5.94. The normalized spacial score (nSPS) is 14.8. The van der Waals surface area contributed by atoms with Gasteiger partial charge in [0.25, 0.3) is 5.91 Å². The molecule has 0 aliphatic carbocycles. The van der Waals surface area contributed by atoms with Crippen LogP contribution in [0.25, 0.3) is 0 Å². The Balaban J connectivity index is 1.42. The molecule has 142 valence electrons. The Hall–Kier alpha value is -2.73. The molecule has 2 aromatic rings. The second kappa shape index (κ2) is 8.77. The van der Waals surface area contributed by atoms with Crippen molar-refractivity contribution >= 4 is 11.8 Å². The van der Waals surface area contributed by atoms with E-state index in [0.29, 0.717) is 50.4 Å². The predicted molar refractivity (Wildman–Crippen MR) is 102 cm³/mol. The number of nitrogens with zero attached hydrogens (tertiary/aromatic N) is 2. The number of nitrogens with one attached hydrogen (secondary N) is 1. The van der Waals surface area contributed by atoms with Crippen LogP contribution >= 0.6 is 0 Å². The van der Waals surface area contributed by atoms with Gasteiger partial charge in [-0.3, -0.25) is 14.5 Å². The molecule has 1 heterocycles. The molecule has 1 N–H and O–H groups in total. The van der Waals surface area contributed by atoms with Crippen LogP contribution in [0.5, 0.6) is 0 Å². The van der Waals surface area contributed by atoms with Crippen molar-refractivity contribution in [2.24, 2.45) is 0 Å². The van der Waals surface area contributed by atoms with E-state index in [-0.39, 0.29) is 17.6 Å². The molecular formula is C21H24FN3O2. The molecule has 2 aromatic carbocycles. The summed E-state index contributed by atoms with van der Waals surface area (Å²) in [5, 5.41) is 2.87. The summed E-state index contributed by atoms with van der Waals surface area (Å²) in [7, 11) is 0. The fourth-order valence-corrected chi connectivity index (χ4v) is 3.15. The van der Waals surface area contributed by atoms with Crippen LogP contribution < -0.4 is 5.32 Å². The van der Waals surface area contributed by atoms with Gasteiger partial charge in [-0.2, -0.15) is 0 Å². The maximum absolute atomic E-state index is 13.3. The largest absolute Gasteiger partial charge is 0.351 e. The van der Waals surface area contributed by atoms with Gasteiger partial charge < -0.3 is 10.2 Å². The molecule has 27 heavy (non-hydrogen) atoms. The average Bonchev–Trinajstić information content (AvgIpc) is 2.69. The number of amides is 2. The summed E-state index contributed by atoms with van der Waals surface area (Å²) < 4.78 is 13.3. The molecule has 2 amide bonds. The Morgan fingerprint density at radius 3 is 2.41 bits per heavy atom. The fourth-order valence-electron chi connectivity index (χ4n) is 3.15. The SMILES string of the molecule is Cc1cc(CNC(=O)CN2CCN(C(=O)c3ccccc3)CC2)ccc1F. The maximum Gasteiger partial charge on any atom is 0.253 e. The summed E-state index contributed by atoms with van der Waals surface area (Å²) in [6, 6.07) is 14.1. The van der Waals surface area contributed by atoms with Crippen LogP contribution in [0.15, 0.2) is 48.5 Å². The van der Waals surface area contributed by atoms with E-state index in [1.807, 2.05) is 40.1 Å². The van der Waals surface area contributed by atoms with Crippen molar-refractivity contribution < 1.29 is 14.0 Å². The molecule has 0 aromatic heterocycles. The molecule has 0 radical (unpaired) electrons. The van der Waals surface area contributed by atoms with Crippen molar-refractivity contribution in [2.75, 3.05) is 32.7 Å². The highest BCUT2D eigenvalue weighted by Crippen LogP contribution is 2.10. The van der Waals surface area contributed by atoms with E-state index in [9.17, 15) is 14.0 Å². The number of halogens is 1. The molecular weight excluding hydrogens is 345 g/mol. The predicted octanol–water partition coefficient (Wildman–Crippen LogP) is 2.21. The van der Waals surface area contributed by atoms with Gasteiger partial charge in [0, 0.05) is 38.3 Å². The minimum absolute atomic E-state index is 0.0337. The van der Waals surface area contributed by atoms with Gasteiger partial charge in [0.05, 0.1) is 6.54 Å². The second-order valence-electron chi connectivity index (χ2n) is 6.79. The third kappa shape index (κ3) is 5.14. The first kappa shape index (κ1) is 19.0. The van der Waals surface area contributed by atoms with Crippen molar-refractivity contribution in [3.63, 3.8) is 0 Å². The van der Waals surface area contributed by atoms with Crippen LogP contribution in [0.3, 0.4) is 0 Å². The first-order valence-corrected chi connectivity index (χ1v) is 9.11. The Labute approximate surface area is 158 Å². The molecule has 0 bridgehead atoms. The smallest absolute Gasteiger partial charge is 0.253 e. The van der Waals surface area contributed by atoms with E-state index in [1.165, 1.54) is 6.07 Å². The lowest BCUT2D eigenvalue weighted by Crippen LogP contribution is -2.51. The topological polar surface area (TPSA) is 52.7 Å². The average molecular weight is 369 g/mol. The van der Waals surface area contributed by atoms with Crippen LogP contribution in [0.2, 0.25) is 0 Å². The van der Waals surface area contributed by atoms with Gasteiger partial charge in [-0.15, -0.1) is 0 Å². The van der Waals surface area contributed by atoms with E-state index in [4.69, 9.17) is 0 Å². The summed E-state index contributed by atoms with van der Waals surface area (Å²) in [6.45, 7) is 4.94. The fraction of sp³-hybridized carbons (Fsp3) is 0.333. The third-order valence-electron chi connectivity index (χ3n) is 4.76. The lowest BCUT2D eigenvalue weighted by molar-refractivity contribution is -0.122. The zero-order valence-corrected chi connectivity index (χ0v) is 15.5. The third-order valence-corrected chi connectivity index (χ3v) is 4.76. The quantitative estimate of drug-likeness (QED) is 0.879. The molecule has 0 atom stereocenters. The van der Waals surface area contributed by atoms with Gasteiger partial charge in [0.2, 0.25) is 5.91 Å². The van der Waals surface area contributed by atoms with E-state index in [0.717, 1.165) is 5.56 Å². The number of piperazine rings is 1. The van der Waals surface area contributed by atoms with E-state index >= 15 is 0 Å². The van der Waals surface area contributed by atoms with E-state index < -0.39 is 0 Å². The Morgan fingerprint density at radius 2 is 1.74 bits per heavy atom. The molecule has 6 heteroatoms. The van der Waals surface area contributed by atoms with Crippen LogP contribution in [0, 0.1) is 12.7 Å². The van der Waals surface area contributed by atoms with Crippen LogP contribution in [0.4, 0.5) is 4.39 Å². The summed E-state index contributed by atoms with van der Waals surface area (Å²) in [5.41, 5.74) is 2.14. The first-order valence-electron chi connectivity index (χ1n) is 9.11. The van der Waals surface area contributed by atoms with Crippen molar-refractivity contribution in [2.45, 2.75) is 13.5 Å². The van der Waals surface area contributed by atoms with Gasteiger partial charge in [-0.1, -0.05) is 30.3 Å². The standard InChI is InChI=1S/C21H24FN3O2/c1-16-13-17(7-8-19(16)22)14-23-20(26)15-24-9-11-25(12-10-24)21(27)18-5-3-2-4-6-18/h2-8,13H,9-12,14-15H2,1H3,(H,23,26). The summed E-state index contributed by atoms with van der Waals surface area (Å²) >= 11 is 0. The van der Waals surface area contributed by atoms with Gasteiger partial charge in [0.1, 0.15) is 5.82 Å². The number of hydrogen-bond donors (Lipinski definition) is 1. The van der Waals surface area contributed by atoms with Crippen LogP contribution in [-0.2, 0) is 11.3 Å². The number of carbonyl (C=O) groups is 2. The van der Waals surface area contributed by atoms with Crippen LogP contribution in [0.1, 0.15) is 21.5 Å². The highest BCUT2D eigenvalue weighted by atomic mass is 19.1. The van der Waals surface area contributed by atoms with Crippen molar-refractivity contribution in [3.05, 3.63) is 71.0 Å². The summed E-state index contributed by atoms with van der Waals surface area (Å²) in [5.74, 6) is -0.279. The summed E-state index contributed by atoms with van der Waals surface area (Å²) in [6.07, 6.45) is 0. The molecule has 0 unspecified atom stereocenters. The van der Waals surface area contributed by atoms with Crippen LogP contribution in [-0.4, -0.2) is 54.3 Å². The zero-order valence-electron chi connectivity index (χ0n) is 15.5. The molecule has 5 nitrogen and oxygen atoms in total. The highest BCUT2D eigenvalue weighted by Gasteiger charge is 2.23. The number of rotatable bonds is 5. The molecule has 0 saturated carbocycles. The van der Waals surface area contributed by atoms with Crippen molar-refractivity contribution in [1.82, 2.24) is 15.1 Å². The Kier molecular flexibility index (Phi) is 6.19. The first-order chi connectivity index (χ1) is 13.0. The zero-order chi connectivity index (χ0) is 19.2. The van der Waals surface area contributed by atoms with Crippen molar-refractivity contribution in [1.29, 1.82) is 0 Å². The second-order valence-corrected chi connectivity index (χ2v) is 6.79. The maximum atomic E-state index is 13.3.